The first-order chi connectivity index (χ1) is 15.6. The lowest BCUT2D eigenvalue weighted by Gasteiger charge is -2.36. The fourth-order valence-electron chi connectivity index (χ4n) is 2.63. The maximum atomic E-state index is 14.4. The lowest BCUT2D eigenvalue weighted by atomic mass is 9.86. The molecule has 0 aliphatic rings. The van der Waals surface area contributed by atoms with Gasteiger partial charge in [-0.25, -0.2) is 0 Å². The third-order valence-corrected chi connectivity index (χ3v) is 4.79. The SMILES string of the molecule is CCC(O)c1ccc(C(F)(F)C(F)(F)C(F)(F)C(F)(F)F)cc1C(F)(F)C(F)(F)C(F)(F)C(F)(F)F. The number of aliphatic hydroxyl groups excluding tert-OH is 1. The molecule has 0 saturated carbocycles. The lowest BCUT2D eigenvalue weighted by molar-refractivity contribution is -0.400. The van der Waals surface area contributed by atoms with Crippen LogP contribution in [0, 0.1) is 0 Å². The molecule has 1 atom stereocenters. The summed E-state index contributed by atoms with van der Waals surface area (Å²) in [7, 11) is 0. The van der Waals surface area contributed by atoms with Crippen LogP contribution in [0.4, 0.5) is 79.0 Å². The molecule has 1 nitrogen and oxygen atoms in total. The molecule has 19 heteroatoms. The standard InChI is InChI=1S/C17H10F18O/c1-2-9(36)7-4-3-6(10(18,19)12(22,23)14(26,27)16(30,31)32)5-8(7)11(20,21)13(24,25)15(28,29)17(33,34)35/h3-5,9,36H,2H2,1H3. The molecule has 0 aromatic heterocycles. The average molecular weight is 572 g/mol. The number of aliphatic hydroxyl groups is 1. The second kappa shape index (κ2) is 8.75. The normalized spacial score (nSPS) is 16.3. The summed E-state index contributed by atoms with van der Waals surface area (Å²) in [6, 6.07) is -2.45. The Balaban J connectivity index is 4.01. The van der Waals surface area contributed by atoms with Gasteiger partial charge in [-0.15, -0.1) is 0 Å². The third kappa shape index (κ3) is 4.44. The van der Waals surface area contributed by atoms with Crippen molar-refractivity contribution in [3.8, 4) is 0 Å². The predicted octanol–water partition coefficient (Wildman–Crippen LogP) is 7.98. The van der Waals surface area contributed by atoms with Crippen molar-refractivity contribution in [3.05, 3.63) is 34.9 Å². The van der Waals surface area contributed by atoms with E-state index in [2.05, 4.69) is 0 Å². The van der Waals surface area contributed by atoms with Crippen molar-refractivity contribution in [2.75, 3.05) is 0 Å². The summed E-state index contributed by atoms with van der Waals surface area (Å²) in [4.78, 5) is 0. The van der Waals surface area contributed by atoms with Gasteiger partial charge in [0, 0.05) is 11.1 Å². The Morgan fingerprint density at radius 1 is 0.583 bits per heavy atom. The van der Waals surface area contributed by atoms with E-state index in [1.54, 1.807) is 0 Å². The second-order valence-corrected chi connectivity index (χ2v) is 7.17. The molecule has 0 fully saturated rings. The van der Waals surface area contributed by atoms with Gasteiger partial charge in [0.2, 0.25) is 0 Å². The van der Waals surface area contributed by atoms with E-state index in [-0.39, 0.29) is 0 Å². The Kier molecular flexibility index (Phi) is 7.76. The van der Waals surface area contributed by atoms with E-state index in [9.17, 15) is 84.1 Å². The summed E-state index contributed by atoms with van der Waals surface area (Å²) in [6.07, 6.45) is -18.2. The number of hydrogen-bond donors (Lipinski definition) is 1. The molecule has 0 aliphatic carbocycles. The zero-order valence-corrected chi connectivity index (χ0v) is 16.8. The first-order valence-electron chi connectivity index (χ1n) is 8.80. The molecule has 1 unspecified atom stereocenters. The molecule has 1 N–H and O–H groups in total. The Morgan fingerprint density at radius 2 is 0.944 bits per heavy atom. The average Bonchev–Trinajstić information content (AvgIpc) is 2.70. The third-order valence-electron chi connectivity index (χ3n) is 4.79. The zero-order chi connectivity index (χ0) is 29.1. The molecule has 0 aliphatic heterocycles. The van der Waals surface area contributed by atoms with Crippen LogP contribution < -0.4 is 0 Å². The molecule has 1 rings (SSSR count). The van der Waals surface area contributed by atoms with Crippen molar-refractivity contribution in [1.29, 1.82) is 0 Å². The molecule has 0 amide bonds. The molecule has 210 valence electrons. The predicted molar refractivity (Wildman–Crippen MR) is 81.4 cm³/mol. The number of benzene rings is 1. The fraction of sp³-hybridized carbons (Fsp3) is 0.647. The molecule has 1 aromatic rings. The molecule has 0 heterocycles. The van der Waals surface area contributed by atoms with Crippen LogP contribution in [0.15, 0.2) is 18.2 Å². The topological polar surface area (TPSA) is 20.2 Å². The maximum Gasteiger partial charge on any atom is 0.460 e. The van der Waals surface area contributed by atoms with Crippen molar-refractivity contribution in [2.45, 2.75) is 67.3 Å². The van der Waals surface area contributed by atoms with Gasteiger partial charge in [0.05, 0.1) is 6.10 Å². The van der Waals surface area contributed by atoms with Gasteiger partial charge in [-0.05, 0) is 18.1 Å². The van der Waals surface area contributed by atoms with Crippen molar-refractivity contribution in [1.82, 2.24) is 0 Å². The van der Waals surface area contributed by atoms with Gasteiger partial charge in [-0.3, -0.25) is 0 Å². The van der Waals surface area contributed by atoms with Crippen LogP contribution in [0.5, 0.6) is 0 Å². The van der Waals surface area contributed by atoms with E-state index in [0.717, 1.165) is 6.92 Å². The molecule has 0 bridgehead atoms. The minimum atomic E-state index is -7.64. The fourth-order valence-corrected chi connectivity index (χ4v) is 2.63. The maximum absolute atomic E-state index is 14.4. The van der Waals surface area contributed by atoms with Crippen LogP contribution in [0.3, 0.4) is 0 Å². The van der Waals surface area contributed by atoms with Crippen molar-refractivity contribution in [3.63, 3.8) is 0 Å². The Morgan fingerprint density at radius 3 is 1.28 bits per heavy atom. The molecule has 0 spiro atoms. The molecular weight excluding hydrogens is 562 g/mol. The van der Waals surface area contributed by atoms with Crippen LogP contribution >= 0.6 is 0 Å². The molecular formula is C17H10F18O. The largest absolute Gasteiger partial charge is 0.460 e. The van der Waals surface area contributed by atoms with Gasteiger partial charge in [-0.2, -0.15) is 79.0 Å². The smallest absolute Gasteiger partial charge is 0.388 e. The second-order valence-electron chi connectivity index (χ2n) is 7.17. The van der Waals surface area contributed by atoms with Gasteiger partial charge in [0.1, 0.15) is 0 Å². The highest BCUT2D eigenvalue weighted by Gasteiger charge is 2.83. The molecule has 0 radical (unpaired) electrons. The first-order valence-corrected chi connectivity index (χ1v) is 8.80. The Bertz CT molecular complexity index is 942. The number of rotatable bonds is 8. The highest BCUT2D eigenvalue weighted by Crippen LogP contribution is 2.60. The van der Waals surface area contributed by atoms with Gasteiger partial charge in [0.15, 0.2) is 0 Å². The number of alkyl halides is 18. The molecule has 0 saturated heterocycles. The molecule has 1 aromatic carbocycles. The summed E-state index contributed by atoms with van der Waals surface area (Å²) in [5.74, 6) is -44.2. The van der Waals surface area contributed by atoms with Gasteiger partial charge >= 0.3 is 47.9 Å². The Labute approximate surface area is 187 Å². The molecule has 36 heavy (non-hydrogen) atoms. The van der Waals surface area contributed by atoms with E-state index in [4.69, 9.17) is 0 Å². The minimum absolute atomic E-state index is 0.440. The minimum Gasteiger partial charge on any atom is -0.388 e. The highest BCUT2D eigenvalue weighted by molar-refractivity contribution is 5.41. The van der Waals surface area contributed by atoms with E-state index in [0.29, 0.717) is 0 Å². The first kappa shape index (κ1) is 31.9. The van der Waals surface area contributed by atoms with Crippen LogP contribution in [-0.4, -0.2) is 41.1 Å². The number of halogens is 18. The van der Waals surface area contributed by atoms with Crippen LogP contribution in [0.25, 0.3) is 0 Å². The van der Waals surface area contributed by atoms with E-state index < -0.39 is 95.3 Å². The number of hydrogen-bond acceptors (Lipinski definition) is 1. The highest BCUT2D eigenvalue weighted by atomic mass is 19.4. The van der Waals surface area contributed by atoms with Crippen molar-refractivity contribution >= 4 is 0 Å². The summed E-state index contributed by atoms with van der Waals surface area (Å²) in [5.41, 5.74) is -7.97. The van der Waals surface area contributed by atoms with Crippen molar-refractivity contribution < 1.29 is 84.1 Å². The monoisotopic (exact) mass is 572 g/mol. The van der Waals surface area contributed by atoms with E-state index >= 15 is 0 Å². The van der Waals surface area contributed by atoms with Crippen LogP contribution in [0.1, 0.15) is 36.1 Å². The summed E-state index contributed by atoms with van der Waals surface area (Å²) in [6.45, 7) is 0.829. The zero-order valence-electron chi connectivity index (χ0n) is 16.8. The van der Waals surface area contributed by atoms with Crippen LogP contribution in [0.2, 0.25) is 0 Å². The van der Waals surface area contributed by atoms with E-state index in [1.165, 1.54) is 0 Å². The Hall–Kier alpha value is -2.08. The van der Waals surface area contributed by atoms with Crippen molar-refractivity contribution in [2.24, 2.45) is 0 Å². The lowest BCUT2D eigenvalue weighted by Crippen LogP contribution is -2.60. The summed E-state index contributed by atoms with van der Waals surface area (Å²) >= 11 is 0. The quantitative estimate of drug-likeness (QED) is 0.314. The summed E-state index contributed by atoms with van der Waals surface area (Å²) < 4.78 is 238. The van der Waals surface area contributed by atoms with Gasteiger partial charge in [-0.1, -0.05) is 19.1 Å². The summed E-state index contributed by atoms with van der Waals surface area (Å²) in [5, 5.41) is 9.60. The van der Waals surface area contributed by atoms with E-state index in [1.807, 2.05) is 0 Å². The van der Waals surface area contributed by atoms with Crippen LogP contribution in [-0.2, 0) is 11.8 Å². The van der Waals surface area contributed by atoms with Gasteiger partial charge < -0.3 is 5.11 Å². The van der Waals surface area contributed by atoms with Gasteiger partial charge in [0.25, 0.3) is 0 Å².